The molecule has 44 heavy (non-hydrogen) atoms. The predicted octanol–water partition coefficient (Wildman–Crippen LogP) is 7.58. The molecule has 0 bridgehead atoms. The fraction of sp³-hybridized carbons (Fsp3) is 0.400. The van der Waals surface area contributed by atoms with Crippen LogP contribution in [0.1, 0.15) is 69.9 Å². The molecule has 1 unspecified atom stereocenters. The number of aromatic amines is 1. The zero-order valence-electron chi connectivity index (χ0n) is 25.9. The number of methoxy groups -OCH3 is 1. The van der Waals surface area contributed by atoms with Gasteiger partial charge in [-0.25, -0.2) is 9.59 Å². The van der Waals surface area contributed by atoms with Gasteiger partial charge in [0.2, 0.25) is 0 Å². The van der Waals surface area contributed by atoms with E-state index in [4.69, 9.17) is 18.9 Å². The highest BCUT2D eigenvalue weighted by atomic mass is 16.5. The molecule has 3 aromatic rings. The number of aliphatic imine (C=N–C) groups is 1. The van der Waals surface area contributed by atoms with Crippen LogP contribution in [-0.2, 0) is 6.42 Å². The number of anilines is 1. The molecule has 9 heteroatoms. The number of carbonyl (C=O) groups excluding carboxylic acids is 1. The lowest BCUT2D eigenvalue weighted by Gasteiger charge is -2.29. The first-order chi connectivity index (χ1) is 21.3. The van der Waals surface area contributed by atoms with E-state index in [1.165, 1.54) is 11.1 Å². The first-order valence-corrected chi connectivity index (χ1v) is 15.5. The average Bonchev–Trinajstić information content (AvgIpc) is 3.11. The van der Waals surface area contributed by atoms with E-state index in [9.17, 15) is 9.59 Å². The van der Waals surface area contributed by atoms with E-state index < -0.39 is 5.76 Å². The topological polar surface area (TPSA) is 109 Å². The summed E-state index contributed by atoms with van der Waals surface area (Å²) in [6.45, 7) is 6.82. The Labute approximate surface area is 257 Å². The van der Waals surface area contributed by atoms with Gasteiger partial charge in [0.15, 0.2) is 5.58 Å². The van der Waals surface area contributed by atoms with Crippen molar-refractivity contribution in [3.63, 3.8) is 0 Å². The van der Waals surface area contributed by atoms with Crippen molar-refractivity contribution in [2.45, 2.75) is 78.2 Å². The Morgan fingerprint density at radius 3 is 2.77 bits per heavy atom. The number of aryl methyl sites for hydroxylation is 1. The number of urea groups is 1. The van der Waals surface area contributed by atoms with Crippen LogP contribution < -0.4 is 20.5 Å². The second-order valence-electron chi connectivity index (χ2n) is 11.9. The second-order valence-corrected chi connectivity index (χ2v) is 11.9. The highest BCUT2D eigenvalue weighted by Crippen LogP contribution is 2.32. The van der Waals surface area contributed by atoms with Gasteiger partial charge in [-0.15, -0.1) is 0 Å². The van der Waals surface area contributed by atoms with Crippen LogP contribution in [0.25, 0.3) is 11.1 Å². The third-order valence-corrected chi connectivity index (χ3v) is 8.93. The number of oxazole rings is 1. The van der Waals surface area contributed by atoms with Crippen LogP contribution in [0.3, 0.4) is 0 Å². The Kier molecular flexibility index (Phi) is 8.46. The fourth-order valence-corrected chi connectivity index (χ4v) is 6.53. The van der Waals surface area contributed by atoms with Crippen LogP contribution in [0.2, 0.25) is 0 Å². The zero-order valence-corrected chi connectivity index (χ0v) is 25.9. The van der Waals surface area contributed by atoms with Gasteiger partial charge in [-0.3, -0.25) is 9.98 Å². The van der Waals surface area contributed by atoms with E-state index >= 15 is 0 Å². The minimum atomic E-state index is -0.476. The molecule has 0 spiro atoms. The molecular weight excluding hydrogens is 556 g/mol. The average molecular weight is 597 g/mol. The number of hydrogen-bond acceptors (Lipinski definition) is 6. The van der Waals surface area contributed by atoms with Crippen LogP contribution in [0.15, 0.2) is 79.3 Å². The molecule has 1 aromatic heterocycles. The lowest BCUT2D eigenvalue weighted by Crippen LogP contribution is -2.42. The predicted molar refractivity (Wildman–Crippen MR) is 173 cm³/mol. The summed E-state index contributed by atoms with van der Waals surface area (Å²) in [5, 5.41) is 3.12. The zero-order chi connectivity index (χ0) is 30.8. The van der Waals surface area contributed by atoms with Gasteiger partial charge in [-0.2, -0.15) is 0 Å². The fourth-order valence-electron chi connectivity index (χ4n) is 6.53. The number of nitrogens with zero attached hydrogens (tertiary/aromatic N) is 2. The van der Waals surface area contributed by atoms with Gasteiger partial charge in [-0.1, -0.05) is 18.6 Å². The van der Waals surface area contributed by atoms with Crippen molar-refractivity contribution < 1.29 is 18.7 Å². The number of H-pyrrole nitrogens is 1. The van der Waals surface area contributed by atoms with E-state index in [-0.39, 0.29) is 12.1 Å². The number of nitrogens with one attached hydrogen (secondary N) is 2. The molecule has 0 saturated carbocycles. The Morgan fingerprint density at radius 1 is 1.09 bits per heavy atom. The second kappa shape index (κ2) is 12.6. The van der Waals surface area contributed by atoms with Gasteiger partial charge < -0.3 is 24.1 Å². The number of carbonyl (C=O) groups is 1. The summed E-state index contributed by atoms with van der Waals surface area (Å²) in [5.74, 6) is 1.78. The molecule has 0 radical (unpaired) electrons. The van der Waals surface area contributed by atoms with Crippen LogP contribution in [0.4, 0.5) is 10.5 Å². The van der Waals surface area contributed by atoms with Crippen molar-refractivity contribution in [1.29, 1.82) is 0 Å². The Balaban J connectivity index is 1.15. The summed E-state index contributed by atoms with van der Waals surface area (Å²) in [4.78, 5) is 34.8. The number of ether oxygens (including phenoxy) is 2. The van der Waals surface area contributed by atoms with E-state index in [0.29, 0.717) is 29.8 Å². The molecule has 2 aliphatic heterocycles. The van der Waals surface area contributed by atoms with Crippen molar-refractivity contribution in [3.05, 3.63) is 86.8 Å². The molecule has 9 nitrogen and oxygen atoms in total. The van der Waals surface area contributed by atoms with Crippen LogP contribution in [0, 0.1) is 6.92 Å². The Morgan fingerprint density at radius 2 is 1.95 bits per heavy atom. The first kappa shape index (κ1) is 29.5. The quantitative estimate of drug-likeness (QED) is 0.273. The lowest BCUT2D eigenvalue weighted by atomic mass is 10.0. The SMILES string of the molecule is CCC1=C(C)N=C(CC2=CCCC(N3CCc4cc(OC)ccc4NC3=O)CC2)C=C(Oc2cc(C)c3[nH]c(=O)oc3c2)C1. The van der Waals surface area contributed by atoms with E-state index in [0.717, 1.165) is 84.7 Å². The molecule has 230 valence electrons. The van der Waals surface area contributed by atoms with E-state index in [1.54, 1.807) is 13.2 Å². The molecule has 2 N–H and O–H groups in total. The van der Waals surface area contributed by atoms with Crippen molar-refractivity contribution >= 4 is 28.5 Å². The highest BCUT2D eigenvalue weighted by molar-refractivity contribution is 5.98. The molecule has 0 saturated heterocycles. The summed E-state index contributed by atoms with van der Waals surface area (Å²) in [7, 11) is 1.66. The smallest absolute Gasteiger partial charge is 0.417 e. The minimum absolute atomic E-state index is 0.0274. The van der Waals surface area contributed by atoms with Crippen molar-refractivity contribution in [1.82, 2.24) is 9.88 Å². The Hall–Kier alpha value is -4.53. The third kappa shape index (κ3) is 6.37. The van der Waals surface area contributed by atoms with Crippen molar-refractivity contribution in [3.8, 4) is 11.5 Å². The van der Waals surface area contributed by atoms with Gasteiger partial charge >= 0.3 is 11.8 Å². The molecule has 2 amide bonds. The number of amides is 2. The molecule has 3 aliphatic rings. The lowest BCUT2D eigenvalue weighted by molar-refractivity contribution is 0.182. The van der Waals surface area contributed by atoms with Gasteiger partial charge in [-0.05, 0) is 99.4 Å². The van der Waals surface area contributed by atoms with Gasteiger partial charge in [0.05, 0.1) is 12.6 Å². The Bertz CT molecular complexity index is 1770. The number of aromatic nitrogens is 1. The maximum atomic E-state index is 13.3. The molecule has 6 rings (SSSR count). The molecule has 1 atom stereocenters. The van der Waals surface area contributed by atoms with Crippen LogP contribution in [-0.4, -0.2) is 41.3 Å². The van der Waals surface area contributed by atoms with E-state index in [1.807, 2.05) is 36.1 Å². The van der Waals surface area contributed by atoms with Crippen LogP contribution >= 0.6 is 0 Å². The van der Waals surface area contributed by atoms with Gasteiger partial charge in [0.1, 0.15) is 17.3 Å². The summed E-state index contributed by atoms with van der Waals surface area (Å²) in [6, 6.07) is 9.65. The van der Waals surface area contributed by atoms with Crippen LogP contribution in [0.5, 0.6) is 11.5 Å². The normalized spacial score (nSPS) is 19.3. The molecular formula is C35H40N4O5. The standard InChI is InChI=1S/C35H40N4O5/c1-5-24-17-30(43-29-15-21(2)33-32(20-29)44-35(41)38-33)19-26(36-22(24)3)16-23-7-6-8-27(10-9-23)39-14-13-25-18-28(42-4)11-12-31(25)37-34(39)40/h7,11-12,15,18-20,27H,5-6,8-10,13-14,16-17H2,1-4H3,(H,37,40)(H,38,41). The number of fused-ring (bicyclic) bond motifs is 2. The summed E-state index contributed by atoms with van der Waals surface area (Å²) >= 11 is 0. The number of allylic oxidation sites excluding steroid dienone is 5. The summed E-state index contributed by atoms with van der Waals surface area (Å²) in [5.41, 5.74) is 8.59. The maximum Gasteiger partial charge on any atom is 0.417 e. The number of rotatable bonds is 7. The molecule has 3 heterocycles. The maximum absolute atomic E-state index is 13.3. The largest absolute Gasteiger partial charge is 0.497 e. The first-order valence-electron chi connectivity index (χ1n) is 15.5. The molecule has 0 fully saturated rings. The monoisotopic (exact) mass is 596 g/mol. The third-order valence-electron chi connectivity index (χ3n) is 8.93. The van der Waals surface area contributed by atoms with Gasteiger partial charge in [0.25, 0.3) is 0 Å². The summed E-state index contributed by atoms with van der Waals surface area (Å²) < 4.78 is 17.1. The van der Waals surface area contributed by atoms with E-state index in [2.05, 4.69) is 36.3 Å². The molecule has 1 aliphatic carbocycles. The number of benzene rings is 2. The highest BCUT2D eigenvalue weighted by Gasteiger charge is 2.28. The van der Waals surface area contributed by atoms with Gasteiger partial charge in [0, 0.05) is 48.6 Å². The molecule has 2 aromatic carbocycles. The number of hydrogen-bond donors (Lipinski definition) is 2. The van der Waals surface area contributed by atoms with Crippen molar-refractivity contribution in [2.75, 3.05) is 19.0 Å². The van der Waals surface area contributed by atoms with Crippen molar-refractivity contribution in [2.24, 2.45) is 4.99 Å². The summed E-state index contributed by atoms with van der Waals surface area (Å²) in [6.07, 6.45) is 11.1. The minimum Gasteiger partial charge on any atom is -0.497 e.